The zero-order chi connectivity index (χ0) is 15.6. The van der Waals surface area contributed by atoms with Crippen molar-refractivity contribution in [1.82, 2.24) is 0 Å². The van der Waals surface area contributed by atoms with Crippen LogP contribution < -0.4 is 5.73 Å². The van der Waals surface area contributed by atoms with Gasteiger partial charge in [-0.05, 0) is 27.7 Å². The van der Waals surface area contributed by atoms with Gasteiger partial charge in [0.1, 0.15) is 19.6 Å². The first-order valence-electron chi connectivity index (χ1n) is 6.26. The molecule has 1 fully saturated rings. The summed E-state index contributed by atoms with van der Waals surface area (Å²) in [6, 6.07) is 0. The predicted octanol–water partition coefficient (Wildman–Crippen LogP) is 1.74. The van der Waals surface area contributed by atoms with Crippen LogP contribution in [0, 0.1) is 17.9 Å². The number of carbonyl (C=O) groups is 2. The van der Waals surface area contributed by atoms with E-state index in [1.807, 2.05) is 0 Å². The number of rotatable bonds is 1. The number of hydrogen-bond acceptors (Lipinski definition) is 3. The lowest BCUT2D eigenvalue weighted by Crippen LogP contribution is -2.41. The predicted molar refractivity (Wildman–Crippen MR) is 79.1 cm³/mol. The fraction of sp³-hybridized carbons (Fsp3) is 0.714. The van der Waals surface area contributed by atoms with E-state index in [1.165, 1.54) is 0 Å². The van der Waals surface area contributed by atoms with Gasteiger partial charge < -0.3 is 10.5 Å². The number of carbonyl (C=O) groups excluding carboxylic acids is 2. The Morgan fingerprint density at radius 2 is 1.68 bits per heavy atom. The minimum Gasteiger partial charge on any atom is -0.369 e. The molecular formula is C14H25NO3Si. The average Bonchev–Trinajstić information content (AvgIpc) is 2.30. The van der Waals surface area contributed by atoms with Crippen LogP contribution in [-0.4, -0.2) is 31.0 Å². The third kappa shape index (κ3) is 4.81. The van der Waals surface area contributed by atoms with Crippen LogP contribution in [0.4, 0.5) is 0 Å². The molecular weight excluding hydrogens is 258 g/mol. The zero-order valence-electron chi connectivity index (χ0n) is 13.0. The highest BCUT2D eigenvalue weighted by Gasteiger charge is 2.55. The Morgan fingerprint density at radius 1 is 1.32 bits per heavy atom. The SMILES string of the molecule is C#C[Si](C)(C)C.CC1(C)OC(C)(C)C(C(N)=O)C1=O. The normalized spacial score (nSPS) is 24.1. The molecule has 1 unspecified atom stereocenters. The molecule has 1 amide bonds. The molecule has 19 heavy (non-hydrogen) atoms. The van der Waals surface area contributed by atoms with Crippen LogP contribution in [0.2, 0.25) is 19.6 Å². The van der Waals surface area contributed by atoms with E-state index in [0.29, 0.717) is 0 Å². The Hall–Kier alpha value is -1.12. The maximum absolute atomic E-state index is 11.7. The van der Waals surface area contributed by atoms with Gasteiger partial charge in [0.05, 0.1) is 5.60 Å². The molecule has 1 saturated heterocycles. The third-order valence-corrected chi connectivity index (χ3v) is 3.65. The minimum atomic E-state index is -1.10. The summed E-state index contributed by atoms with van der Waals surface area (Å²) >= 11 is 0. The summed E-state index contributed by atoms with van der Waals surface area (Å²) in [7, 11) is -1.10. The fourth-order valence-electron chi connectivity index (χ4n) is 1.90. The van der Waals surface area contributed by atoms with Gasteiger partial charge in [-0.15, -0.1) is 12.0 Å². The maximum Gasteiger partial charge on any atom is 0.231 e. The zero-order valence-corrected chi connectivity index (χ0v) is 14.0. The van der Waals surface area contributed by atoms with Crippen molar-refractivity contribution in [3.63, 3.8) is 0 Å². The Balaban J connectivity index is 0.000000459. The van der Waals surface area contributed by atoms with Gasteiger partial charge in [0.25, 0.3) is 0 Å². The van der Waals surface area contributed by atoms with Crippen molar-refractivity contribution in [3.8, 4) is 12.0 Å². The van der Waals surface area contributed by atoms with E-state index >= 15 is 0 Å². The lowest BCUT2D eigenvalue weighted by Gasteiger charge is -2.23. The largest absolute Gasteiger partial charge is 0.369 e. The molecule has 0 spiro atoms. The summed E-state index contributed by atoms with van der Waals surface area (Å²) < 4.78 is 5.47. The van der Waals surface area contributed by atoms with Crippen molar-refractivity contribution in [2.45, 2.75) is 58.5 Å². The average molecular weight is 283 g/mol. The van der Waals surface area contributed by atoms with Crippen molar-refractivity contribution in [2.24, 2.45) is 11.7 Å². The molecule has 108 valence electrons. The summed E-state index contributed by atoms with van der Waals surface area (Å²) in [5.41, 5.74) is 6.20. The number of ketones is 1. The van der Waals surface area contributed by atoms with Gasteiger partial charge in [-0.1, -0.05) is 19.6 Å². The monoisotopic (exact) mass is 283 g/mol. The van der Waals surface area contributed by atoms with E-state index in [2.05, 4.69) is 25.2 Å². The fourth-order valence-corrected chi connectivity index (χ4v) is 1.90. The quantitative estimate of drug-likeness (QED) is 0.453. The van der Waals surface area contributed by atoms with Crippen LogP contribution in [0.5, 0.6) is 0 Å². The van der Waals surface area contributed by atoms with Gasteiger partial charge in [-0.2, -0.15) is 0 Å². The molecule has 1 aliphatic rings. The second-order valence-electron chi connectivity index (χ2n) is 6.81. The van der Waals surface area contributed by atoms with Crippen LogP contribution in [0.25, 0.3) is 0 Å². The van der Waals surface area contributed by atoms with Crippen LogP contribution >= 0.6 is 0 Å². The molecule has 0 radical (unpaired) electrons. The highest BCUT2D eigenvalue weighted by Crippen LogP contribution is 2.38. The second kappa shape index (κ2) is 5.47. The first-order chi connectivity index (χ1) is 8.24. The second-order valence-corrected chi connectivity index (χ2v) is 11.6. The first-order valence-corrected chi connectivity index (χ1v) is 9.76. The smallest absolute Gasteiger partial charge is 0.231 e. The van der Waals surface area contributed by atoms with Crippen molar-refractivity contribution >= 4 is 19.8 Å². The molecule has 1 atom stereocenters. The van der Waals surface area contributed by atoms with Gasteiger partial charge in [0, 0.05) is 0 Å². The lowest BCUT2D eigenvalue weighted by atomic mass is 9.86. The van der Waals surface area contributed by atoms with Gasteiger partial charge in [-0.3, -0.25) is 9.59 Å². The summed E-state index contributed by atoms with van der Waals surface area (Å²) in [5, 5.41) is 0. The van der Waals surface area contributed by atoms with Crippen LogP contribution in [0.3, 0.4) is 0 Å². The van der Waals surface area contributed by atoms with E-state index in [1.54, 1.807) is 27.7 Å². The number of nitrogens with two attached hydrogens (primary N) is 1. The topological polar surface area (TPSA) is 69.4 Å². The van der Waals surface area contributed by atoms with E-state index in [4.69, 9.17) is 16.9 Å². The third-order valence-electron chi connectivity index (χ3n) is 2.79. The maximum atomic E-state index is 11.7. The molecule has 4 nitrogen and oxygen atoms in total. The first kappa shape index (κ1) is 17.9. The van der Waals surface area contributed by atoms with Crippen molar-refractivity contribution in [3.05, 3.63) is 0 Å². The Kier molecular flexibility index (Phi) is 5.15. The molecule has 5 heteroatoms. The van der Waals surface area contributed by atoms with Gasteiger partial charge in [-0.25, -0.2) is 0 Å². The van der Waals surface area contributed by atoms with E-state index in [-0.39, 0.29) is 5.78 Å². The van der Waals surface area contributed by atoms with Gasteiger partial charge in [0.15, 0.2) is 5.78 Å². The molecule has 0 bridgehead atoms. The van der Waals surface area contributed by atoms with E-state index < -0.39 is 31.1 Å². The molecule has 1 heterocycles. The van der Waals surface area contributed by atoms with Crippen LogP contribution in [0.1, 0.15) is 27.7 Å². The Labute approximate surface area is 117 Å². The lowest BCUT2D eigenvalue weighted by molar-refractivity contribution is -0.133. The molecule has 0 aromatic rings. The Morgan fingerprint density at radius 3 is 1.79 bits per heavy atom. The molecule has 2 N–H and O–H groups in total. The van der Waals surface area contributed by atoms with Gasteiger partial charge in [0.2, 0.25) is 5.91 Å². The van der Waals surface area contributed by atoms with Crippen LogP contribution in [0.15, 0.2) is 0 Å². The molecule has 0 saturated carbocycles. The molecule has 0 aromatic carbocycles. The van der Waals surface area contributed by atoms with Gasteiger partial charge >= 0.3 is 0 Å². The molecule has 1 aliphatic heterocycles. The number of primary amides is 1. The van der Waals surface area contributed by atoms with Crippen LogP contribution in [-0.2, 0) is 14.3 Å². The number of ether oxygens (including phenoxy) is 1. The number of terminal acetylenes is 1. The number of amides is 1. The highest BCUT2D eigenvalue weighted by molar-refractivity contribution is 6.83. The van der Waals surface area contributed by atoms with Crippen molar-refractivity contribution < 1.29 is 14.3 Å². The molecule has 0 aromatic heterocycles. The summed E-state index contributed by atoms with van der Waals surface area (Å²) in [5.74, 6) is -1.67. The summed E-state index contributed by atoms with van der Waals surface area (Å²) in [6.07, 6.45) is 5.12. The van der Waals surface area contributed by atoms with E-state index in [0.717, 1.165) is 0 Å². The van der Waals surface area contributed by atoms with Crippen molar-refractivity contribution in [1.29, 1.82) is 0 Å². The highest BCUT2D eigenvalue weighted by atomic mass is 28.3. The summed E-state index contributed by atoms with van der Waals surface area (Å²) in [4.78, 5) is 22.7. The standard InChI is InChI=1S/C9H15NO3.C5H10Si/c1-8(2)5(7(10)12)6(11)9(3,4)13-8;1-5-6(2,3)4/h5H,1-4H3,(H2,10,12);1H,2-4H3. The number of hydrogen-bond donors (Lipinski definition) is 1. The van der Waals surface area contributed by atoms with E-state index in [9.17, 15) is 9.59 Å². The summed E-state index contributed by atoms with van der Waals surface area (Å²) in [6.45, 7) is 13.2. The number of Topliss-reactive ketones (excluding diaryl/α,β-unsaturated/α-hetero) is 1. The van der Waals surface area contributed by atoms with Crippen molar-refractivity contribution in [2.75, 3.05) is 0 Å². The molecule has 1 rings (SSSR count). The minimum absolute atomic E-state index is 0.231. The molecule has 0 aliphatic carbocycles. The Bertz CT molecular complexity index is 413.